The molecule has 6 heteroatoms. The Hall–Kier alpha value is -2.71. The molecule has 0 radical (unpaired) electrons. The first-order valence-electron chi connectivity index (χ1n) is 6.14. The fourth-order valence-electron chi connectivity index (χ4n) is 1.94. The fourth-order valence-corrected chi connectivity index (χ4v) is 2.15. The van der Waals surface area contributed by atoms with E-state index in [4.69, 9.17) is 21.6 Å². The van der Waals surface area contributed by atoms with Crippen molar-refractivity contribution in [2.45, 2.75) is 6.92 Å². The lowest BCUT2D eigenvalue weighted by Gasteiger charge is -2.08. The van der Waals surface area contributed by atoms with Gasteiger partial charge in [-0.05, 0) is 37.3 Å². The minimum Gasteiger partial charge on any atom is -0.422 e. The van der Waals surface area contributed by atoms with Crippen LogP contribution >= 0.6 is 11.6 Å². The Morgan fingerprint density at radius 1 is 1.24 bits per heavy atom. The predicted molar refractivity (Wildman–Crippen MR) is 78.3 cm³/mol. The molecule has 2 aromatic heterocycles. The van der Waals surface area contributed by atoms with Crippen LogP contribution in [0.4, 0.5) is 0 Å². The number of ether oxygens (including phenoxy) is 1. The summed E-state index contributed by atoms with van der Waals surface area (Å²) >= 11 is 6.14. The Labute approximate surface area is 125 Å². The summed E-state index contributed by atoms with van der Waals surface area (Å²) in [4.78, 5) is 12.5. The van der Waals surface area contributed by atoms with Gasteiger partial charge in [-0.25, -0.2) is 4.98 Å². The van der Waals surface area contributed by atoms with E-state index in [1.165, 1.54) is 0 Å². The molecule has 0 spiro atoms. The van der Waals surface area contributed by atoms with Crippen LogP contribution < -0.4 is 4.74 Å². The van der Waals surface area contributed by atoms with Crippen LogP contribution in [-0.4, -0.2) is 15.0 Å². The molecule has 3 aromatic rings. The van der Waals surface area contributed by atoms with E-state index in [2.05, 4.69) is 15.0 Å². The van der Waals surface area contributed by atoms with Gasteiger partial charge in [-0.2, -0.15) is 10.2 Å². The number of nitrogens with zero attached hydrogens (tertiary/aromatic N) is 4. The topological polar surface area (TPSA) is 71.7 Å². The van der Waals surface area contributed by atoms with Gasteiger partial charge in [-0.3, -0.25) is 4.98 Å². The van der Waals surface area contributed by atoms with Crippen molar-refractivity contribution < 1.29 is 4.74 Å². The van der Waals surface area contributed by atoms with Crippen LogP contribution in [0.5, 0.6) is 11.8 Å². The molecule has 0 saturated carbocycles. The first kappa shape index (κ1) is 13.3. The summed E-state index contributed by atoms with van der Waals surface area (Å²) in [5.41, 5.74) is 1.53. The summed E-state index contributed by atoms with van der Waals surface area (Å²) < 4.78 is 5.68. The van der Waals surface area contributed by atoms with Crippen molar-refractivity contribution in [3.05, 3.63) is 52.9 Å². The van der Waals surface area contributed by atoms with Crippen LogP contribution in [0.15, 0.2) is 36.5 Å². The molecule has 0 amide bonds. The number of hydrogen-bond acceptors (Lipinski definition) is 5. The maximum absolute atomic E-state index is 8.94. The average Bonchev–Trinajstić information content (AvgIpc) is 2.50. The normalized spacial score (nSPS) is 10.3. The molecule has 2 heterocycles. The van der Waals surface area contributed by atoms with E-state index in [-0.39, 0.29) is 11.7 Å². The third-order valence-corrected chi connectivity index (χ3v) is 3.16. The van der Waals surface area contributed by atoms with Crippen LogP contribution in [0.1, 0.15) is 11.4 Å². The lowest BCUT2D eigenvalue weighted by atomic mass is 10.2. The van der Waals surface area contributed by atoms with Crippen molar-refractivity contribution in [2.75, 3.05) is 0 Å². The first-order chi connectivity index (χ1) is 10.2. The molecule has 0 atom stereocenters. The zero-order valence-electron chi connectivity index (χ0n) is 11.0. The first-order valence-corrected chi connectivity index (χ1v) is 6.52. The van der Waals surface area contributed by atoms with Gasteiger partial charge in [-0.1, -0.05) is 11.6 Å². The molecule has 21 heavy (non-hydrogen) atoms. The third-order valence-electron chi connectivity index (χ3n) is 2.83. The van der Waals surface area contributed by atoms with E-state index in [1.807, 2.05) is 12.1 Å². The molecule has 102 valence electrons. The molecule has 5 nitrogen and oxygen atoms in total. The molecule has 0 bridgehead atoms. The SMILES string of the molecule is Cc1cc(C#N)nc(Oc2ccc(Cl)c3cccnc23)n1. The number of nitriles is 1. The van der Waals surface area contributed by atoms with Gasteiger partial charge in [0, 0.05) is 17.3 Å². The molecule has 0 fully saturated rings. The zero-order chi connectivity index (χ0) is 14.8. The summed E-state index contributed by atoms with van der Waals surface area (Å²) in [7, 11) is 0. The summed E-state index contributed by atoms with van der Waals surface area (Å²) in [5, 5.41) is 10.3. The summed E-state index contributed by atoms with van der Waals surface area (Å²) in [5.74, 6) is 0.490. The average molecular weight is 297 g/mol. The third kappa shape index (κ3) is 2.62. The second kappa shape index (κ2) is 5.35. The van der Waals surface area contributed by atoms with E-state index in [1.54, 1.807) is 37.4 Å². The van der Waals surface area contributed by atoms with Crippen LogP contribution in [0.25, 0.3) is 10.9 Å². The number of aromatic nitrogens is 3. The fraction of sp³-hybridized carbons (Fsp3) is 0.0667. The van der Waals surface area contributed by atoms with Crippen LogP contribution in [0, 0.1) is 18.3 Å². The summed E-state index contributed by atoms with van der Waals surface area (Å²) in [6.45, 7) is 1.77. The summed E-state index contributed by atoms with van der Waals surface area (Å²) in [6, 6.07) is 10.8. The molecule has 1 aromatic carbocycles. The molecule has 0 saturated heterocycles. The molecule has 3 rings (SSSR count). The molecule has 0 aliphatic heterocycles. The van der Waals surface area contributed by atoms with E-state index < -0.39 is 0 Å². The lowest BCUT2D eigenvalue weighted by molar-refractivity contribution is 0.443. The van der Waals surface area contributed by atoms with Crippen molar-refractivity contribution >= 4 is 22.5 Å². The van der Waals surface area contributed by atoms with Crippen molar-refractivity contribution in [3.8, 4) is 17.8 Å². The molecule has 0 aliphatic rings. The zero-order valence-corrected chi connectivity index (χ0v) is 11.8. The highest BCUT2D eigenvalue weighted by atomic mass is 35.5. The van der Waals surface area contributed by atoms with Crippen molar-refractivity contribution in [1.82, 2.24) is 15.0 Å². The number of fused-ring (bicyclic) bond motifs is 1. The van der Waals surface area contributed by atoms with Gasteiger partial charge in [0.05, 0.1) is 5.02 Å². The van der Waals surface area contributed by atoms with Gasteiger partial charge in [-0.15, -0.1) is 0 Å². The van der Waals surface area contributed by atoms with Gasteiger partial charge < -0.3 is 4.74 Å². The van der Waals surface area contributed by atoms with Crippen molar-refractivity contribution in [3.63, 3.8) is 0 Å². The maximum atomic E-state index is 8.94. The predicted octanol–water partition coefficient (Wildman–Crippen LogP) is 3.65. The minimum absolute atomic E-state index is 0.112. The Kier molecular flexibility index (Phi) is 3.38. The Bertz CT molecular complexity index is 873. The standard InChI is InChI=1S/C15H9ClN4O/c1-9-7-10(8-17)20-15(19-9)21-13-5-4-12(16)11-3-2-6-18-14(11)13/h2-7H,1H3. The smallest absolute Gasteiger partial charge is 0.323 e. The van der Waals surface area contributed by atoms with Crippen molar-refractivity contribution in [2.24, 2.45) is 0 Å². The van der Waals surface area contributed by atoms with Crippen molar-refractivity contribution in [1.29, 1.82) is 5.26 Å². The van der Waals surface area contributed by atoms with E-state index >= 15 is 0 Å². The van der Waals surface area contributed by atoms with Crippen LogP contribution in [0.3, 0.4) is 0 Å². The number of pyridine rings is 1. The number of rotatable bonds is 2. The molecule has 0 aliphatic carbocycles. The van der Waals surface area contributed by atoms with Gasteiger partial charge >= 0.3 is 6.01 Å². The van der Waals surface area contributed by atoms with Crippen LogP contribution in [0.2, 0.25) is 5.02 Å². The Balaban J connectivity index is 2.09. The monoisotopic (exact) mass is 296 g/mol. The minimum atomic E-state index is 0.112. The molecular formula is C15H9ClN4O. The largest absolute Gasteiger partial charge is 0.422 e. The second-order valence-electron chi connectivity index (χ2n) is 4.34. The molecule has 0 unspecified atom stereocenters. The van der Waals surface area contributed by atoms with E-state index in [0.29, 0.717) is 22.0 Å². The Morgan fingerprint density at radius 2 is 2.10 bits per heavy atom. The second-order valence-corrected chi connectivity index (χ2v) is 4.74. The van der Waals surface area contributed by atoms with Gasteiger partial charge in [0.2, 0.25) is 0 Å². The highest BCUT2D eigenvalue weighted by molar-refractivity contribution is 6.35. The maximum Gasteiger partial charge on any atom is 0.323 e. The molecule has 0 N–H and O–H groups in total. The number of benzene rings is 1. The number of aryl methyl sites for hydroxylation is 1. The Morgan fingerprint density at radius 3 is 2.90 bits per heavy atom. The van der Waals surface area contributed by atoms with Gasteiger partial charge in [0.1, 0.15) is 17.3 Å². The lowest BCUT2D eigenvalue weighted by Crippen LogP contribution is -1.97. The highest BCUT2D eigenvalue weighted by Gasteiger charge is 2.10. The number of hydrogen-bond donors (Lipinski definition) is 0. The van der Waals surface area contributed by atoms with E-state index in [9.17, 15) is 0 Å². The highest BCUT2D eigenvalue weighted by Crippen LogP contribution is 2.31. The quantitative estimate of drug-likeness (QED) is 0.722. The number of halogens is 1. The molecular weight excluding hydrogens is 288 g/mol. The van der Waals surface area contributed by atoms with Gasteiger partial charge in [0.25, 0.3) is 0 Å². The van der Waals surface area contributed by atoms with Gasteiger partial charge in [0.15, 0.2) is 5.75 Å². The van der Waals surface area contributed by atoms with E-state index in [0.717, 1.165) is 5.39 Å². The summed E-state index contributed by atoms with van der Waals surface area (Å²) in [6.07, 6.45) is 1.66. The van der Waals surface area contributed by atoms with Crippen LogP contribution in [-0.2, 0) is 0 Å².